The van der Waals surface area contributed by atoms with Crippen LogP contribution in [0.2, 0.25) is 0 Å². The first-order valence-corrected chi connectivity index (χ1v) is 4.10. The first-order valence-electron chi connectivity index (χ1n) is 3.02. The van der Waals surface area contributed by atoms with Crippen molar-refractivity contribution in [2.75, 3.05) is 0 Å². The SMILES string of the molecule is IC1=NC1c1ccccn1. The molecule has 10 heavy (non-hydrogen) atoms. The van der Waals surface area contributed by atoms with Gasteiger partial charge < -0.3 is 0 Å². The lowest BCUT2D eigenvalue weighted by molar-refractivity contribution is 1.03. The van der Waals surface area contributed by atoms with Crippen LogP contribution in [0.25, 0.3) is 0 Å². The Morgan fingerprint density at radius 1 is 1.40 bits per heavy atom. The van der Waals surface area contributed by atoms with Gasteiger partial charge in [-0.05, 0) is 34.7 Å². The van der Waals surface area contributed by atoms with E-state index in [-0.39, 0.29) is 0 Å². The Balaban J connectivity index is 2.22. The van der Waals surface area contributed by atoms with Gasteiger partial charge in [-0.15, -0.1) is 0 Å². The first kappa shape index (κ1) is 6.27. The van der Waals surface area contributed by atoms with E-state index in [0.29, 0.717) is 6.04 Å². The number of aromatic nitrogens is 1. The van der Waals surface area contributed by atoms with Crippen molar-refractivity contribution in [3.8, 4) is 0 Å². The molecule has 0 spiro atoms. The van der Waals surface area contributed by atoms with Crippen molar-refractivity contribution in [3.63, 3.8) is 0 Å². The van der Waals surface area contributed by atoms with E-state index in [9.17, 15) is 0 Å². The fourth-order valence-electron chi connectivity index (χ4n) is 0.812. The third-order valence-electron chi connectivity index (χ3n) is 1.38. The highest BCUT2D eigenvalue weighted by molar-refractivity contribution is 14.1. The molecule has 0 amide bonds. The summed E-state index contributed by atoms with van der Waals surface area (Å²) in [6, 6.07) is 6.19. The van der Waals surface area contributed by atoms with E-state index in [1.54, 1.807) is 6.20 Å². The lowest BCUT2D eigenvalue weighted by atomic mass is 10.3. The maximum atomic E-state index is 4.17. The van der Waals surface area contributed by atoms with E-state index in [2.05, 4.69) is 32.6 Å². The molecule has 1 aromatic heterocycles. The molecule has 1 aromatic rings. The normalized spacial score (nSPS) is 22.1. The van der Waals surface area contributed by atoms with Crippen molar-refractivity contribution in [3.05, 3.63) is 30.1 Å². The van der Waals surface area contributed by atoms with Gasteiger partial charge >= 0.3 is 0 Å². The fraction of sp³-hybridized carbons (Fsp3) is 0.143. The summed E-state index contributed by atoms with van der Waals surface area (Å²) in [6.45, 7) is 0. The zero-order valence-electron chi connectivity index (χ0n) is 5.16. The third kappa shape index (κ3) is 1.05. The van der Waals surface area contributed by atoms with Gasteiger partial charge in [0.15, 0.2) is 0 Å². The van der Waals surface area contributed by atoms with E-state index in [4.69, 9.17) is 0 Å². The van der Waals surface area contributed by atoms with Gasteiger partial charge in [-0.1, -0.05) is 6.07 Å². The monoisotopic (exact) mass is 244 g/mol. The van der Waals surface area contributed by atoms with Gasteiger partial charge in [0, 0.05) is 6.20 Å². The number of pyridine rings is 1. The Bertz CT molecular complexity index is 268. The molecule has 1 atom stereocenters. The number of nitrogens with zero attached hydrogens (tertiary/aromatic N) is 2. The lowest BCUT2D eigenvalue weighted by Gasteiger charge is -1.91. The van der Waals surface area contributed by atoms with Crippen molar-refractivity contribution >= 4 is 26.3 Å². The summed E-state index contributed by atoms with van der Waals surface area (Å²) in [5.74, 6) is 0. The second-order valence-corrected chi connectivity index (χ2v) is 3.21. The highest BCUT2D eigenvalue weighted by atomic mass is 127. The Hall–Kier alpha value is -0.450. The predicted octanol–water partition coefficient (Wildman–Crippen LogP) is 1.97. The minimum atomic E-state index is 0.293. The number of aliphatic imine (C=N–C) groups is 1. The molecule has 50 valence electrons. The Morgan fingerprint density at radius 3 is 2.70 bits per heavy atom. The van der Waals surface area contributed by atoms with Crippen LogP contribution < -0.4 is 0 Å². The molecule has 0 saturated carbocycles. The molecule has 1 aliphatic rings. The molecule has 0 saturated heterocycles. The van der Waals surface area contributed by atoms with Crippen LogP contribution in [0.15, 0.2) is 29.4 Å². The van der Waals surface area contributed by atoms with Gasteiger partial charge in [0.25, 0.3) is 0 Å². The van der Waals surface area contributed by atoms with Gasteiger partial charge in [-0.25, -0.2) is 0 Å². The van der Waals surface area contributed by atoms with E-state index in [1.165, 1.54) is 0 Å². The molecule has 0 radical (unpaired) electrons. The topological polar surface area (TPSA) is 25.2 Å². The lowest BCUT2D eigenvalue weighted by Crippen LogP contribution is -1.87. The van der Waals surface area contributed by atoms with Gasteiger partial charge in [0.05, 0.1) is 5.69 Å². The molecule has 0 aliphatic carbocycles. The summed E-state index contributed by atoms with van der Waals surface area (Å²) < 4.78 is 1.16. The highest BCUT2D eigenvalue weighted by Crippen LogP contribution is 2.32. The average Bonchev–Trinajstić information content (AvgIpc) is 2.69. The Morgan fingerprint density at radius 2 is 2.20 bits per heavy atom. The van der Waals surface area contributed by atoms with Crippen LogP contribution >= 0.6 is 22.6 Å². The van der Waals surface area contributed by atoms with E-state index in [1.807, 2.05) is 18.2 Å². The molecule has 2 rings (SSSR count). The number of halogens is 1. The third-order valence-corrected chi connectivity index (χ3v) is 2.25. The van der Waals surface area contributed by atoms with E-state index >= 15 is 0 Å². The average molecular weight is 244 g/mol. The smallest absolute Gasteiger partial charge is 0.140 e. The van der Waals surface area contributed by atoms with E-state index < -0.39 is 0 Å². The van der Waals surface area contributed by atoms with Crippen LogP contribution in [0.5, 0.6) is 0 Å². The number of rotatable bonds is 1. The van der Waals surface area contributed by atoms with Gasteiger partial charge in [0.2, 0.25) is 0 Å². The standard InChI is InChI=1S/C7H5IN2/c8-7-6(10-7)5-3-1-2-4-9-5/h1-4,6H. The predicted molar refractivity (Wildman–Crippen MR) is 48.4 cm³/mol. The van der Waals surface area contributed by atoms with Crippen molar-refractivity contribution in [1.82, 2.24) is 4.98 Å². The molecule has 1 unspecified atom stereocenters. The fourth-order valence-corrected chi connectivity index (χ4v) is 1.41. The van der Waals surface area contributed by atoms with Crippen LogP contribution in [0, 0.1) is 0 Å². The zero-order chi connectivity index (χ0) is 6.97. The maximum absolute atomic E-state index is 4.17. The summed E-state index contributed by atoms with van der Waals surface area (Å²) in [5, 5.41) is 0. The molecular formula is C7H5IN2. The van der Waals surface area contributed by atoms with Gasteiger partial charge in [0.1, 0.15) is 9.76 Å². The minimum absolute atomic E-state index is 0.293. The summed E-state index contributed by atoms with van der Waals surface area (Å²) in [5.41, 5.74) is 1.06. The van der Waals surface area contributed by atoms with Crippen LogP contribution in [0.1, 0.15) is 11.7 Å². The molecule has 0 N–H and O–H groups in total. The van der Waals surface area contributed by atoms with Crippen molar-refractivity contribution in [1.29, 1.82) is 0 Å². The van der Waals surface area contributed by atoms with Gasteiger partial charge in [-0.2, -0.15) is 0 Å². The number of hydrogen-bond donors (Lipinski definition) is 0. The van der Waals surface area contributed by atoms with Crippen LogP contribution in [-0.4, -0.2) is 8.70 Å². The molecule has 2 heterocycles. The Kier molecular flexibility index (Phi) is 1.44. The first-order chi connectivity index (χ1) is 4.88. The summed E-state index contributed by atoms with van der Waals surface area (Å²) in [6.07, 6.45) is 1.80. The summed E-state index contributed by atoms with van der Waals surface area (Å²) >= 11 is 2.23. The van der Waals surface area contributed by atoms with Crippen molar-refractivity contribution < 1.29 is 0 Å². The van der Waals surface area contributed by atoms with E-state index in [0.717, 1.165) is 9.41 Å². The number of hydrogen-bond acceptors (Lipinski definition) is 2. The van der Waals surface area contributed by atoms with Crippen molar-refractivity contribution in [2.45, 2.75) is 6.04 Å². The maximum Gasteiger partial charge on any atom is 0.140 e. The minimum Gasteiger partial charge on any atom is -0.264 e. The zero-order valence-corrected chi connectivity index (χ0v) is 7.32. The van der Waals surface area contributed by atoms with Crippen LogP contribution in [0.4, 0.5) is 0 Å². The Labute approximate surface area is 72.5 Å². The summed E-state index contributed by atoms with van der Waals surface area (Å²) in [7, 11) is 0. The van der Waals surface area contributed by atoms with Gasteiger partial charge in [-0.3, -0.25) is 9.98 Å². The molecule has 0 aromatic carbocycles. The molecule has 0 bridgehead atoms. The van der Waals surface area contributed by atoms with Crippen LogP contribution in [0.3, 0.4) is 0 Å². The molecule has 1 aliphatic heterocycles. The second-order valence-electron chi connectivity index (χ2n) is 2.11. The largest absolute Gasteiger partial charge is 0.264 e. The second kappa shape index (κ2) is 2.30. The molecular weight excluding hydrogens is 239 g/mol. The van der Waals surface area contributed by atoms with Crippen molar-refractivity contribution in [2.24, 2.45) is 4.99 Å². The summed E-state index contributed by atoms with van der Waals surface area (Å²) in [4.78, 5) is 8.34. The highest BCUT2D eigenvalue weighted by Gasteiger charge is 2.27. The molecule has 0 fully saturated rings. The van der Waals surface area contributed by atoms with Crippen LogP contribution in [-0.2, 0) is 0 Å². The molecule has 3 heteroatoms. The quantitative estimate of drug-likeness (QED) is 0.693. The molecule has 2 nitrogen and oxygen atoms in total.